The van der Waals surface area contributed by atoms with Crippen LogP contribution in [0.1, 0.15) is 27.0 Å². The molecule has 32 heavy (non-hydrogen) atoms. The van der Waals surface area contributed by atoms with E-state index in [1.54, 1.807) is 36.4 Å². The highest BCUT2D eigenvalue weighted by molar-refractivity contribution is 9.10. The van der Waals surface area contributed by atoms with Gasteiger partial charge in [-0.15, -0.1) is 0 Å². The number of nitrogens with zero attached hydrogens (tertiary/aromatic N) is 2. The predicted molar refractivity (Wildman–Crippen MR) is 124 cm³/mol. The number of carbonyl (C=O) groups excluding carboxylic acids is 1. The van der Waals surface area contributed by atoms with Crippen molar-refractivity contribution in [2.75, 3.05) is 14.2 Å². The molecule has 0 saturated carbocycles. The number of ether oxygens (including phenoxy) is 3. The van der Waals surface area contributed by atoms with Gasteiger partial charge in [-0.2, -0.15) is 10.4 Å². The van der Waals surface area contributed by atoms with Gasteiger partial charge in [-0.05, 0) is 36.4 Å². The van der Waals surface area contributed by atoms with Crippen LogP contribution in [0.2, 0.25) is 0 Å². The zero-order valence-corrected chi connectivity index (χ0v) is 19.0. The van der Waals surface area contributed by atoms with Crippen LogP contribution in [0.3, 0.4) is 0 Å². The van der Waals surface area contributed by atoms with Gasteiger partial charge in [0.1, 0.15) is 23.9 Å². The van der Waals surface area contributed by atoms with E-state index in [2.05, 4.69) is 32.5 Å². The highest BCUT2D eigenvalue weighted by atomic mass is 79.9. The van der Waals surface area contributed by atoms with Gasteiger partial charge in [-0.25, -0.2) is 5.43 Å². The largest absolute Gasteiger partial charge is 0.497 e. The van der Waals surface area contributed by atoms with Crippen molar-refractivity contribution in [3.8, 4) is 23.3 Å². The molecule has 3 rings (SSSR count). The van der Waals surface area contributed by atoms with E-state index in [9.17, 15) is 10.1 Å². The Morgan fingerprint density at radius 1 is 1.09 bits per heavy atom. The van der Waals surface area contributed by atoms with Crippen molar-refractivity contribution in [3.63, 3.8) is 0 Å². The molecule has 0 aliphatic heterocycles. The number of hydrogen-bond acceptors (Lipinski definition) is 6. The van der Waals surface area contributed by atoms with E-state index in [0.717, 1.165) is 10.0 Å². The maximum Gasteiger partial charge on any atom is 0.271 e. The molecule has 0 heterocycles. The molecule has 0 saturated heterocycles. The molecule has 0 bridgehead atoms. The lowest BCUT2D eigenvalue weighted by Gasteiger charge is -2.11. The van der Waals surface area contributed by atoms with E-state index >= 15 is 0 Å². The Kier molecular flexibility index (Phi) is 7.84. The molecule has 1 N–H and O–H groups in total. The van der Waals surface area contributed by atoms with Crippen LogP contribution in [0.15, 0.2) is 70.2 Å². The van der Waals surface area contributed by atoms with Gasteiger partial charge in [0.2, 0.25) is 0 Å². The lowest BCUT2D eigenvalue weighted by atomic mass is 10.1. The van der Waals surface area contributed by atoms with Crippen LogP contribution in [0, 0.1) is 11.3 Å². The van der Waals surface area contributed by atoms with Gasteiger partial charge in [-0.1, -0.05) is 34.1 Å². The van der Waals surface area contributed by atoms with Crippen LogP contribution in [0.4, 0.5) is 0 Å². The lowest BCUT2D eigenvalue weighted by molar-refractivity contribution is 0.0954. The van der Waals surface area contributed by atoms with Crippen molar-refractivity contribution >= 4 is 28.1 Å². The number of halogens is 1. The van der Waals surface area contributed by atoms with Crippen molar-refractivity contribution in [2.45, 2.75) is 6.61 Å². The molecular weight excluding hydrogens is 474 g/mol. The Bertz CT molecular complexity index is 1170. The molecule has 8 heteroatoms. The lowest BCUT2D eigenvalue weighted by Crippen LogP contribution is -2.17. The fourth-order valence-electron chi connectivity index (χ4n) is 2.83. The standard InChI is InChI=1S/C24H20BrN3O4/c1-30-21-10-18(11-22(12-21)31-2)24(29)28-27-14-19-9-20(25)7-8-23(19)32-15-17-6-4-3-5-16(17)13-26/h3-12,14H,15H2,1-2H3,(H,28,29)/b27-14-. The Labute approximate surface area is 194 Å². The van der Waals surface area contributed by atoms with Crippen molar-refractivity contribution in [2.24, 2.45) is 5.10 Å². The average Bonchev–Trinajstić information content (AvgIpc) is 2.83. The van der Waals surface area contributed by atoms with E-state index in [1.807, 2.05) is 24.3 Å². The summed E-state index contributed by atoms with van der Waals surface area (Å²) in [5, 5.41) is 13.3. The third kappa shape index (κ3) is 5.86. The number of nitrogens with one attached hydrogen (secondary N) is 1. The monoisotopic (exact) mass is 493 g/mol. The summed E-state index contributed by atoms with van der Waals surface area (Å²) in [5.41, 5.74) is 4.82. The topological polar surface area (TPSA) is 92.9 Å². The molecule has 0 aromatic heterocycles. The molecule has 0 aliphatic carbocycles. The molecule has 1 amide bonds. The zero-order valence-electron chi connectivity index (χ0n) is 17.5. The minimum absolute atomic E-state index is 0.224. The summed E-state index contributed by atoms with van der Waals surface area (Å²) in [7, 11) is 3.02. The summed E-state index contributed by atoms with van der Waals surface area (Å²) in [4.78, 5) is 12.5. The maximum atomic E-state index is 12.5. The molecule has 0 aliphatic rings. The molecule has 0 fully saturated rings. The number of nitriles is 1. The van der Waals surface area contributed by atoms with Crippen molar-refractivity contribution in [1.82, 2.24) is 5.43 Å². The van der Waals surface area contributed by atoms with Gasteiger partial charge >= 0.3 is 0 Å². The van der Waals surface area contributed by atoms with Crippen LogP contribution in [-0.4, -0.2) is 26.3 Å². The molecule has 3 aromatic rings. The van der Waals surface area contributed by atoms with Crippen LogP contribution >= 0.6 is 15.9 Å². The summed E-state index contributed by atoms with van der Waals surface area (Å²) in [6, 6.07) is 19.7. The third-order valence-corrected chi connectivity index (χ3v) is 4.97. The van der Waals surface area contributed by atoms with Gasteiger partial charge in [0.25, 0.3) is 5.91 Å². The van der Waals surface area contributed by atoms with Gasteiger partial charge in [0.15, 0.2) is 0 Å². The second-order valence-corrected chi connectivity index (χ2v) is 7.46. The molecule has 162 valence electrons. The first-order valence-corrected chi connectivity index (χ1v) is 10.3. The fourth-order valence-corrected chi connectivity index (χ4v) is 3.20. The van der Waals surface area contributed by atoms with Gasteiger partial charge < -0.3 is 14.2 Å². The average molecular weight is 494 g/mol. The van der Waals surface area contributed by atoms with Gasteiger partial charge in [0, 0.05) is 27.2 Å². The first-order chi connectivity index (χ1) is 15.5. The van der Waals surface area contributed by atoms with Crippen molar-refractivity contribution in [3.05, 3.63) is 87.4 Å². The molecular formula is C24H20BrN3O4. The summed E-state index contributed by atoms with van der Waals surface area (Å²) in [6.07, 6.45) is 1.49. The number of methoxy groups -OCH3 is 2. The van der Waals surface area contributed by atoms with Gasteiger partial charge in [-0.3, -0.25) is 4.79 Å². The first-order valence-electron chi connectivity index (χ1n) is 9.51. The Morgan fingerprint density at radius 3 is 2.50 bits per heavy atom. The third-order valence-electron chi connectivity index (χ3n) is 4.48. The van der Waals surface area contributed by atoms with Crippen LogP contribution in [-0.2, 0) is 6.61 Å². The van der Waals surface area contributed by atoms with E-state index < -0.39 is 5.91 Å². The molecule has 0 radical (unpaired) electrons. The minimum atomic E-state index is -0.418. The second kappa shape index (κ2) is 11.0. The van der Waals surface area contributed by atoms with E-state index in [0.29, 0.717) is 33.9 Å². The summed E-state index contributed by atoms with van der Waals surface area (Å²) >= 11 is 3.43. The van der Waals surface area contributed by atoms with Crippen molar-refractivity contribution < 1.29 is 19.0 Å². The number of carbonyl (C=O) groups is 1. The first kappa shape index (κ1) is 22.8. The molecule has 0 spiro atoms. The highest BCUT2D eigenvalue weighted by Gasteiger charge is 2.10. The Hall–Kier alpha value is -3.83. The Balaban J connectivity index is 1.74. The van der Waals surface area contributed by atoms with Crippen LogP contribution in [0.5, 0.6) is 17.2 Å². The van der Waals surface area contributed by atoms with Crippen LogP contribution < -0.4 is 19.6 Å². The number of amides is 1. The maximum absolute atomic E-state index is 12.5. The van der Waals surface area contributed by atoms with E-state index in [-0.39, 0.29) is 6.61 Å². The van der Waals surface area contributed by atoms with E-state index in [1.165, 1.54) is 20.4 Å². The fraction of sp³-hybridized carbons (Fsp3) is 0.125. The Morgan fingerprint density at radius 2 is 1.81 bits per heavy atom. The smallest absolute Gasteiger partial charge is 0.271 e. The number of hydrogen-bond donors (Lipinski definition) is 1. The molecule has 0 atom stereocenters. The number of benzene rings is 3. The summed E-state index contributed by atoms with van der Waals surface area (Å²) in [5.74, 6) is 1.14. The zero-order chi connectivity index (χ0) is 22.9. The van der Waals surface area contributed by atoms with Crippen molar-refractivity contribution in [1.29, 1.82) is 5.26 Å². The minimum Gasteiger partial charge on any atom is -0.497 e. The van der Waals surface area contributed by atoms with Crippen LogP contribution in [0.25, 0.3) is 0 Å². The molecule has 0 unspecified atom stereocenters. The number of rotatable bonds is 8. The summed E-state index contributed by atoms with van der Waals surface area (Å²) < 4.78 is 17.1. The van der Waals surface area contributed by atoms with E-state index in [4.69, 9.17) is 14.2 Å². The van der Waals surface area contributed by atoms with Gasteiger partial charge in [0.05, 0.1) is 32.1 Å². The molecule has 7 nitrogen and oxygen atoms in total. The predicted octanol–water partition coefficient (Wildman–Crippen LogP) is 4.68. The SMILES string of the molecule is COc1cc(OC)cc(C(=O)N/N=C\c2cc(Br)ccc2OCc2ccccc2C#N)c1. The summed E-state index contributed by atoms with van der Waals surface area (Å²) in [6.45, 7) is 0.224. The molecule has 3 aromatic carbocycles. The quantitative estimate of drug-likeness (QED) is 0.363. The normalized spacial score (nSPS) is 10.4. The second-order valence-electron chi connectivity index (χ2n) is 6.54. The highest BCUT2D eigenvalue weighted by Crippen LogP contribution is 2.24. The number of hydrazone groups is 1.